The lowest BCUT2D eigenvalue weighted by molar-refractivity contribution is -0.122. The molecule has 5 rings (SSSR count). The van der Waals surface area contributed by atoms with E-state index in [1.165, 1.54) is 15.8 Å². The predicted molar refractivity (Wildman–Crippen MR) is 199 cm³/mol. The number of rotatable bonds is 20. The number of carbonyl (C=O) groups is 2. The molecule has 0 aliphatic carbocycles. The van der Waals surface area contributed by atoms with Crippen LogP contribution in [0.3, 0.4) is 0 Å². The van der Waals surface area contributed by atoms with Gasteiger partial charge in [-0.05, 0) is 85.8 Å². The van der Waals surface area contributed by atoms with Crippen LogP contribution in [-0.4, -0.2) is 67.0 Å². The number of piperazine rings is 1. The van der Waals surface area contributed by atoms with Crippen LogP contribution in [0.25, 0.3) is 21.0 Å². The number of anilines is 1. The molecule has 2 aromatic carbocycles. The molecular formula is C39H52N4O4S. The van der Waals surface area contributed by atoms with Crippen LogP contribution < -0.4 is 20.5 Å². The van der Waals surface area contributed by atoms with Crippen molar-refractivity contribution in [3.05, 3.63) is 70.3 Å². The molecule has 1 aliphatic heterocycles. The highest BCUT2D eigenvalue weighted by atomic mass is 32.1. The number of nitrogens with one attached hydrogen (secondary N) is 1. The van der Waals surface area contributed by atoms with Gasteiger partial charge in [-0.3, -0.25) is 19.3 Å². The van der Waals surface area contributed by atoms with Crippen LogP contribution in [0.5, 0.6) is 5.75 Å². The first-order valence-corrected chi connectivity index (χ1v) is 18.9. The Bertz CT molecular complexity index is 1670. The maximum atomic E-state index is 12.8. The highest BCUT2D eigenvalue weighted by Gasteiger charge is 2.18. The SMILES string of the molecule is CCCCCCC(=O)NCCCC(=O)CCCn1c(=O)ccc2ccc(OCCCCN3CCN(c4cccc5sccc45)CC3)cc21. The lowest BCUT2D eigenvalue weighted by Crippen LogP contribution is -2.46. The summed E-state index contributed by atoms with van der Waals surface area (Å²) in [5.41, 5.74) is 2.13. The third-order valence-corrected chi connectivity index (χ3v) is 10.2. The van der Waals surface area contributed by atoms with Crippen LogP contribution in [0.4, 0.5) is 5.69 Å². The number of aryl methyl sites for hydroxylation is 1. The van der Waals surface area contributed by atoms with E-state index in [4.69, 9.17) is 4.74 Å². The molecule has 1 saturated heterocycles. The number of benzene rings is 2. The Labute approximate surface area is 289 Å². The third-order valence-electron chi connectivity index (χ3n) is 9.34. The van der Waals surface area contributed by atoms with Crippen LogP contribution in [0.15, 0.2) is 64.8 Å². The second kappa shape index (κ2) is 18.7. The van der Waals surface area contributed by atoms with Crippen molar-refractivity contribution < 1.29 is 14.3 Å². The number of hydrogen-bond donors (Lipinski definition) is 1. The van der Waals surface area contributed by atoms with E-state index in [9.17, 15) is 14.4 Å². The summed E-state index contributed by atoms with van der Waals surface area (Å²) in [7, 11) is 0. The number of aromatic nitrogens is 1. The molecule has 0 saturated carbocycles. The zero-order chi connectivity index (χ0) is 33.6. The maximum absolute atomic E-state index is 12.8. The first-order chi connectivity index (χ1) is 23.5. The molecule has 2 aromatic heterocycles. The summed E-state index contributed by atoms with van der Waals surface area (Å²) in [6, 6.07) is 18.2. The molecule has 1 aliphatic rings. The van der Waals surface area contributed by atoms with Crippen molar-refractivity contribution >= 4 is 49.7 Å². The highest BCUT2D eigenvalue weighted by Crippen LogP contribution is 2.31. The summed E-state index contributed by atoms with van der Waals surface area (Å²) in [4.78, 5) is 42.3. The monoisotopic (exact) mass is 672 g/mol. The molecule has 4 aromatic rings. The number of Topliss-reactive ketones (excluding diaryl/α,β-unsaturated/α-hetero) is 1. The average molecular weight is 673 g/mol. The average Bonchev–Trinajstić information content (AvgIpc) is 3.59. The fourth-order valence-electron chi connectivity index (χ4n) is 6.56. The van der Waals surface area contributed by atoms with E-state index in [-0.39, 0.29) is 17.2 Å². The normalized spacial score (nSPS) is 13.7. The highest BCUT2D eigenvalue weighted by molar-refractivity contribution is 7.17. The molecule has 0 spiro atoms. The number of amides is 1. The van der Waals surface area contributed by atoms with Gasteiger partial charge in [0.1, 0.15) is 11.5 Å². The van der Waals surface area contributed by atoms with Crippen LogP contribution in [-0.2, 0) is 16.1 Å². The van der Waals surface area contributed by atoms with Gasteiger partial charge in [0, 0.05) is 86.4 Å². The largest absolute Gasteiger partial charge is 0.494 e. The summed E-state index contributed by atoms with van der Waals surface area (Å²) >= 11 is 1.81. The smallest absolute Gasteiger partial charge is 0.251 e. The van der Waals surface area contributed by atoms with E-state index in [1.807, 2.05) is 24.3 Å². The fraction of sp³-hybridized carbons (Fsp3) is 0.513. The summed E-state index contributed by atoms with van der Waals surface area (Å²) < 4.78 is 9.24. The van der Waals surface area contributed by atoms with Crippen LogP contribution in [0.2, 0.25) is 0 Å². The molecule has 1 amide bonds. The van der Waals surface area contributed by atoms with Gasteiger partial charge in [0.2, 0.25) is 5.91 Å². The Morgan fingerprint density at radius 1 is 0.833 bits per heavy atom. The summed E-state index contributed by atoms with van der Waals surface area (Å²) in [6.45, 7) is 9.14. The first-order valence-electron chi connectivity index (χ1n) is 18.0. The minimum atomic E-state index is -0.0687. The molecule has 0 bridgehead atoms. The Hall–Kier alpha value is -3.69. The fourth-order valence-corrected chi connectivity index (χ4v) is 7.36. The molecule has 8 nitrogen and oxygen atoms in total. The van der Waals surface area contributed by atoms with Crippen molar-refractivity contribution in [1.29, 1.82) is 0 Å². The molecular weight excluding hydrogens is 621 g/mol. The zero-order valence-corrected chi connectivity index (χ0v) is 29.4. The van der Waals surface area contributed by atoms with Gasteiger partial charge in [-0.15, -0.1) is 11.3 Å². The Morgan fingerprint density at radius 3 is 2.52 bits per heavy atom. The number of ketones is 1. The van der Waals surface area contributed by atoms with E-state index in [1.54, 1.807) is 22.0 Å². The van der Waals surface area contributed by atoms with Crippen LogP contribution >= 0.6 is 11.3 Å². The van der Waals surface area contributed by atoms with Crippen molar-refractivity contribution in [2.24, 2.45) is 0 Å². The van der Waals surface area contributed by atoms with E-state index >= 15 is 0 Å². The van der Waals surface area contributed by atoms with Gasteiger partial charge in [-0.25, -0.2) is 0 Å². The molecule has 0 unspecified atom stereocenters. The second-order valence-electron chi connectivity index (χ2n) is 12.9. The number of pyridine rings is 1. The molecule has 1 fully saturated rings. The van der Waals surface area contributed by atoms with Gasteiger partial charge < -0.3 is 19.5 Å². The van der Waals surface area contributed by atoms with Crippen molar-refractivity contribution in [3.8, 4) is 5.75 Å². The number of fused-ring (bicyclic) bond motifs is 2. The second-order valence-corrected chi connectivity index (χ2v) is 13.9. The van der Waals surface area contributed by atoms with E-state index in [0.717, 1.165) is 87.9 Å². The number of nitrogens with zero attached hydrogens (tertiary/aromatic N) is 3. The summed E-state index contributed by atoms with van der Waals surface area (Å²) in [6.07, 6.45) is 9.06. The minimum Gasteiger partial charge on any atom is -0.494 e. The van der Waals surface area contributed by atoms with Gasteiger partial charge in [-0.1, -0.05) is 32.3 Å². The van der Waals surface area contributed by atoms with E-state index in [0.29, 0.717) is 51.8 Å². The van der Waals surface area contributed by atoms with Gasteiger partial charge in [0.25, 0.3) is 5.56 Å². The predicted octanol–water partition coefficient (Wildman–Crippen LogP) is 7.41. The van der Waals surface area contributed by atoms with Gasteiger partial charge in [0.05, 0.1) is 12.1 Å². The number of thiophene rings is 1. The molecule has 48 heavy (non-hydrogen) atoms. The van der Waals surface area contributed by atoms with Crippen molar-refractivity contribution in [3.63, 3.8) is 0 Å². The molecule has 3 heterocycles. The molecule has 258 valence electrons. The lowest BCUT2D eigenvalue weighted by Gasteiger charge is -2.36. The summed E-state index contributed by atoms with van der Waals surface area (Å²) in [5, 5.41) is 7.45. The number of carbonyl (C=O) groups excluding carboxylic acids is 2. The quantitative estimate of drug-likeness (QED) is 0.0985. The van der Waals surface area contributed by atoms with Crippen LogP contribution in [0, 0.1) is 0 Å². The Morgan fingerprint density at radius 2 is 1.67 bits per heavy atom. The summed E-state index contributed by atoms with van der Waals surface area (Å²) in [5.74, 6) is 1.01. The molecule has 0 radical (unpaired) electrons. The van der Waals surface area contributed by atoms with Crippen molar-refractivity contribution in [2.75, 3.05) is 50.8 Å². The van der Waals surface area contributed by atoms with E-state index in [2.05, 4.69) is 51.7 Å². The Kier molecular flexibility index (Phi) is 13.9. The standard InChI is InChI=1S/C39H52N4O4S/c1-2-3-4-5-15-38(45)40-21-9-11-32(44)12-10-23-43-36-30-33(18-16-31(36)17-19-39(43)46)47-28-7-6-22-41-24-26-42(27-25-41)35-13-8-14-37-34(35)20-29-48-37/h8,13-14,16-20,29-30H,2-7,9-12,15,21-28H2,1H3,(H,40,45). The Balaban J connectivity index is 0.992. The minimum absolute atomic E-state index is 0.0687. The van der Waals surface area contributed by atoms with E-state index < -0.39 is 0 Å². The zero-order valence-electron chi connectivity index (χ0n) is 28.6. The van der Waals surface area contributed by atoms with Gasteiger partial charge in [-0.2, -0.15) is 0 Å². The molecule has 9 heteroatoms. The lowest BCUT2D eigenvalue weighted by atomic mass is 10.1. The number of hydrogen-bond acceptors (Lipinski definition) is 7. The third kappa shape index (κ3) is 10.4. The maximum Gasteiger partial charge on any atom is 0.251 e. The van der Waals surface area contributed by atoms with Crippen molar-refractivity contribution in [2.45, 2.75) is 84.1 Å². The van der Waals surface area contributed by atoms with Crippen LogP contribution in [0.1, 0.15) is 77.6 Å². The number of ether oxygens (including phenoxy) is 1. The number of unbranched alkanes of at least 4 members (excludes halogenated alkanes) is 4. The topological polar surface area (TPSA) is 83.9 Å². The van der Waals surface area contributed by atoms with Gasteiger partial charge >= 0.3 is 0 Å². The first kappa shape index (κ1) is 35.6. The van der Waals surface area contributed by atoms with Crippen molar-refractivity contribution in [1.82, 2.24) is 14.8 Å². The van der Waals surface area contributed by atoms with Gasteiger partial charge in [0.15, 0.2) is 0 Å². The molecule has 1 N–H and O–H groups in total. The molecule has 0 atom stereocenters.